The molecule has 2 aromatic rings. The van der Waals surface area contributed by atoms with Crippen LogP contribution >= 0.6 is 24.0 Å². The third-order valence-electron chi connectivity index (χ3n) is 4.54. The fourth-order valence-electron chi connectivity index (χ4n) is 2.93. The standard InChI is InChI=1S/C22H20N2O4S2/c1-14(20(27)23-12-11-19(25)26)24-21(28)18(30-22(24)29)13-15-7-9-17(10-8-15)16-5-3-2-4-6-16/h2-10,13-14H,11-12H2,1H3,(H,23,27)(H,25,26)/b18-13-. The van der Waals surface area contributed by atoms with Crippen LogP contribution in [0.15, 0.2) is 59.5 Å². The van der Waals surface area contributed by atoms with Crippen molar-refractivity contribution in [2.75, 3.05) is 6.54 Å². The molecule has 2 amide bonds. The third-order valence-corrected chi connectivity index (χ3v) is 5.87. The van der Waals surface area contributed by atoms with Crippen LogP contribution in [0.2, 0.25) is 0 Å². The first-order chi connectivity index (χ1) is 14.4. The van der Waals surface area contributed by atoms with E-state index >= 15 is 0 Å². The van der Waals surface area contributed by atoms with Crippen LogP contribution in [0.25, 0.3) is 17.2 Å². The summed E-state index contributed by atoms with van der Waals surface area (Å²) in [7, 11) is 0. The highest BCUT2D eigenvalue weighted by molar-refractivity contribution is 8.26. The summed E-state index contributed by atoms with van der Waals surface area (Å²) < 4.78 is 0.299. The number of hydrogen-bond donors (Lipinski definition) is 2. The molecule has 1 saturated heterocycles. The largest absolute Gasteiger partial charge is 0.481 e. The monoisotopic (exact) mass is 440 g/mol. The van der Waals surface area contributed by atoms with Crippen LogP contribution in [0.3, 0.4) is 0 Å². The van der Waals surface area contributed by atoms with Crippen LogP contribution in [0.4, 0.5) is 0 Å². The van der Waals surface area contributed by atoms with E-state index in [1.165, 1.54) is 4.90 Å². The Labute approximate surface area is 184 Å². The number of amides is 2. The van der Waals surface area contributed by atoms with Gasteiger partial charge < -0.3 is 10.4 Å². The van der Waals surface area contributed by atoms with E-state index in [4.69, 9.17) is 17.3 Å². The van der Waals surface area contributed by atoms with E-state index < -0.39 is 17.9 Å². The fraction of sp³-hybridized carbons (Fsp3) is 0.182. The van der Waals surface area contributed by atoms with E-state index in [2.05, 4.69) is 5.32 Å². The van der Waals surface area contributed by atoms with Crippen LogP contribution in [-0.4, -0.2) is 44.7 Å². The highest BCUT2D eigenvalue weighted by Crippen LogP contribution is 2.34. The van der Waals surface area contributed by atoms with Crippen molar-refractivity contribution in [3.8, 4) is 11.1 Å². The lowest BCUT2D eigenvalue weighted by Crippen LogP contribution is -2.47. The second-order valence-electron chi connectivity index (χ2n) is 6.65. The molecule has 1 unspecified atom stereocenters. The lowest BCUT2D eigenvalue weighted by atomic mass is 10.0. The van der Waals surface area contributed by atoms with Crippen molar-refractivity contribution in [2.24, 2.45) is 0 Å². The molecule has 0 aliphatic carbocycles. The summed E-state index contributed by atoms with van der Waals surface area (Å²) in [5, 5.41) is 11.2. The first-order valence-corrected chi connectivity index (χ1v) is 10.5. The van der Waals surface area contributed by atoms with Crippen molar-refractivity contribution in [3.63, 3.8) is 0 Å². The van der Waals surface area contributed by atoms with Crippen LogP contribution in [-0.2, 0) is 14.4 Å². The lowest BCUT2D eigenvalue weighted by molar-refractivity contribution is -0.137. The number of aliphatic carboxylic acids is 1. The van der Waals surface area contributed by atoms with Gasteiger partial charge in [-0.25, -0.2) is 0 Å². The van der Waals surface area contributed by atoms with Gasteiger partial charge in [-0.3, -0.25) is 19.3 Å². The molecule has 1 atom stereocenters. The Morgan fingerprint density at radius 2 is 1.77 bits per heavy atom. The number of carboxylic acid groups (broad SMARTS) is 1. The Kier molecular flexibility index (Phi) is 7.02. The van der Waals surface area contributed by atoms with Gasteiger partial charge >= 0.3 is 5.97 Å². The number of thioether (sulfide) groups is 1. The molecular weight excluding hydrogens is 420 g/mol. The summed E-state index contributed by atoms with van der Waals surface area (Å²) in [4.78, 5) is 37.4. The molecule has 2 N–H and O–H groups in total. The molecule has 6 nitrogen and oxygen atoms in total. The van der Waals surface area contributed by atoms with Gasteiger partial charge in [0.25, 0.3) is 5.91 Å². The zero-order valence-electron chi connectivity index (χ0n) is 16.2. The van der Waals surface area contributed by atoms with Crippen LogP contribution < -0.4 is 5.32 Å². The van der Waals surface area contributed by atoms with Crippen LogP contribution in [0.1, 0.15) is 18.9 Å². The van der Waals surface area contributed by atoms with Gasteiger partial charge in [0.1, 0.15) is 10.4 Å². The number of carbonyl (C=O) groups is 3. The second kappa shape index (κ2) is 9.69. The summed E-state index contributed by atoms with van der Waals surface area (Å²) >= 11 is 6.44. The molecule has 1 fully saturated rings. The molecular formula is C22H20N2O4S2. The van der Waals surface area contributed by atoms with E-state index in [0.717, 1.165) is 28.5 Å². The van der Waals surface area contributed by atoms with Crippen molar-refractivity contribution >= 4 is 52.2 Å². The molecule has 154 valence electrons. The molecule has 1 aliphatic rings. The van der Waals surface area contributed by atoms with Crippen molar-refractivity contribution in [2.45, 2.75) is 19.4 Å². The average molecular weight is 441 g/mol. The highest BCUT2D eigenvalue weighted by Gasteiger charge is 2.38. The predicted octanol–water partition coefficient (Wildman–Crippen LogP) is 3.53. The van der Waals surface area contributed by atoms with E-state index in [9.17, 15) is 14.4 Å². The van der Waals surface area contributed by atoms with Crippen molar-refractivity contribution in [1.82, 2.24) is 10.2 Å². The summed E-state index contributed by atoms with van der Waals surface area (Å²) in [6.45, 7) is 1.56. The zero-order chi connectivity index (χ0) is 21.7. The number of nitrogens with zero attached hydrogens (tertiary/aromatic N) is 1. The molecule has 0 bridgehead atoms. The summed E-state index contributed by atoms with van der Waals surface area (Å²) in [6.07, 6.45) is 1.57. The maximum absolute atomic E-state index is 12.8. The number of thiocarbonyl (C=S) groups is 1. The smallest absolute Gasteiger partial charge is 0.305 e. The van der Waals surface area contributed by atoms with Crippen molar-refractivity contribution in [3.05, 3.63) is 65.1 Å². The number of hydrogen-bond acceptors (Lipinski definition) is 5. The summed E-state index contributed by atoms with van der Waals surface area (Å²) in [6, 6.07) is 17.0. The Balaban J connectivity index is 1.70. The molecule has 1 heterocycles. The highest BCUT2D eigenvalue weighted by atomic mass is 32.2. The lowest BCUT2D eigenvalue weighted by Gasteiger charge is -2.22. The molecule has 0 spiro atoms. The second-order valence-corrected chi connectivity index (χ2v) is 8.33. The Morgan fingerprint density at radius 1 is 1.13 bits per heavy atom. The summed E-state index contributed by atoms with van der Waals surface area (Å²) in [5.74, 6) is -1.78. The van der Waals surface area contributed by atoms with Gasteiger partial charge in [0.15, 0.2) is 0 Å². The van der Waals surface area contributed by atoms with Crippen LogP contribution in [0, 0.1) is 0 Å². The molecule has 0 aromatic heterocycles. The Hall–Kier alpha value is -2.97. The molecule has 0 radical (unpaired) electrons. The Morgan fingerprint density at radius 3 is 2.40 bits per heavy atom. The van der Waals surface area contributed by atoms with E-state index in [1.807, 2.05) is 54.6 Å². The maximum Gasteiger partial charge on any atom is 0.305 e. The minimum absolute atomic E-state index is 0.00307. The van der Waals surface area contributed by atoms with Gasteiger partial charge in [-0.1, -0.05) is 78.6 Å². The number of rotatable bonds is 7. The molecule has 0 saturated carbocycles. The minimum atomic E-state index is -1.00. The number of benzene rings is 2. The molecule has 30 heavy (non-hydrogen) atoms. The third kappa shape index (κ3) is 5.14. The quantitative estimate of drug-likeness (QED) is 0.506. The van der Waals surface area contributed by atoms with E-state index in [-0.39, 0.29) is 18.9 Å². The fourth-order valence-corrected chi connectivity index (χ4v) is 4.34. The zero-order valence-corrected chi connectivity index (χ0v) is 17.8. The van der Waals surface area contributed by atoms with Gasteiger partial charge in [-0.2, -0.15) is 0 Å². The van der Waals surface area contributed by atoms with Crippen LogP contribution in [0.5, 0.6) is 0 Å². The van der Waals surface area contributed by atoms with Gasteiger partial charge in [-0.15, -0.1) is 0 Å². The number of carboxylic acids is 1. The predicted molar refractivity (Wildman–Crippen MR) is 122 cm³/mol. The normalized spacial score (nSPS) is 16.0. The number of nitrogens with one attached hydrogen (secondary N) is 1. The van der Waals surface area contributed by atoms with Gasteiger partial charge in [0, 0.05) is 6.54 Å². The molecule has 1 aliphatic heterocycles. The SMILES string of the molecule is CC(C(=O)NCCC(=O)O)N1C(=O)/C(=C/c2ccc(-c3ccccc3)cc2)SC1=S. The summed E-state index contributed by atoms with van der Waals surface area (Å²) in [5.41, 5.74) is 3.04. The first kappa shape index (κ1) is 21.7. The topological polar surface area (TPSA) is 86.7 Å². The maximum atomic E-state index is 12.8. The average Bonchev–Trinajstić information content (AvgIpc) is 3.01. The van der Waals surface area contributed by atoms with Crippen molar-refractivity contribution in [1.29, 1.82) is 0 Å². The molecule has 2 aromatic carbocycles. The number of carbonyl (C=O) groups excluding carboxylic acids is 2. The minimum Gasteiger partial charge on any atom is -0.481 e. The van der Waals surface area contributed by atoms with Gasteiger partial charge in [0.05, 0.1) is 11.3 Å². The molecule has 8 heteroatoms. The van der Waals surface area contributed by atoms with E-state index in [1.54, 1.807) is 13.0 Å². The van der Waals surface area contributed by atoms with E-state index in [0.29, 0.717) is 9.23 Å². The first-order valence-electron chi connectivity index (χ1n) is 9.29. The van der Waals surface area contributed by atoms with Gasteiger partial charge in [-0.05, 0) is 29.7 Å². The molecule has 3 rings (SSSR count). The van der Waals surface area contributed by atoms with Crippen molar-refractivity contribution < 1.29 is 19.5 Å². The Bertz CT molecular complexity index is 1000. The van der Waals surface area contributed by atoms with Gasteiger partial charge in [0.2, 0.25) is 5.91 Å².